The number of hydrogen-bond donors (Lipinski definition) is 0. The van der Waals surface area contributed by atoms with E-state index in [2.05, 4.69) is 0 Å². The smallest absolute Gasteiger partial charge is 0.189 e. The summed E-state index contributed by atoms with van der Waals surface area (Å²) in [5.41, 5.74) is 1.21. The zero-order chi connectivity index (χ0) is 12.5. The van der Waals surface area contributed by atoms with Crippen LogP contribution in [0.5, 0.6) is 5.75 Å². The van der Waals surface area contributed by atoms with Gasteiger partial charge in [-0.2, -0.15) is 0 Å². The third-order valence-electron chi connectivity index (χ3n) is 2.13. The zero-order valence-corrected chi connectivity index (χ0v) is 11.1. The Kier molecular flexibility index (Phi) is 6.74. The summed E-state index contributed by atoms with van der Waals surface area (Å²) in [4.78, 5) is 10.8. The van der Waals surface area contributed by atoms with Gasteiger partial charge in [0.1, 0.15) is 5.75 Å². The van der Waals surface area contributed by atoms with Gasteiger partial charge < -0.3 is 9.47 Å². The minimum absolute atomic E-state index is 0.168. The van der Waals surface area contributed by atoms with Gasteiger partial charge in [0.25, 0.3) is 0 Å². The Labute approximate surface area is 106 Å². The van der Waals surface area contributed by atoms with Crippen LogP contribution in [0.3, 0.4) is 0 Å². The molecule has 0 bridgehead atoms. The number of aryl methyl sites for hydroxylation is 1. The fourth-order valence-electron chi connectivity index (χ4n) is 1.26. The molecule has 4 heteroatoms. The predicted octanol–water partition coefficient (Wildman–Crippen LogP) is 2.88. The van der Waals surface area contributed by atoms with Crippen molar-refractivity contribution in [2.24, 2.45) is 0 Å². The van der Waals surface area contributed by atoms with Gasteiger partial charge in [0.2, 0.25) is 0 Å². The van der Waals surface area contributed by atoms with E-state index < -0.39 is 0 Å². The Bertz CT molecular complexity index is 335. The summed E-state index contributed by atoms with van der Waals surface area (Å²) < 4.78 is 10.5. The molecule has 0 N–H and O–H groups in total. The van der Waals surface area contributed by atoms with Crippen LogP contribution in [0.15, 0.2) is 24.3 Å². The first-order chi connectivity index (χ1) is 8.22. The molecule has 94 valence electrons. The zero-order valence-electron chi connectivity index (χ0n) is 10.3. The molecule has 0 amide bonds. The van der Waals surface area contributed by atoms with Crippen LogP contribution in [0.4, 0.5) is 0 Å². The molecule has 0 spiro atoms. The maximum absolute atomic E-state index is 10.8. The van der Waals surface area contributed by atoms with E-state index in [1.54, 1.807) is 6.92 Å². The lowest BCUT2D eigenvalue weighted by Gasteiger charge is -2.06. The van der Waals surface area contributed by atoms with E-state index >= 15 is 0 Å². The van der Waals surface area contributed by atoms with E-state index in [1.807, 2.05) is 31.2 Å². The third-order valence-corrected chi connectivity index (χ3v) is 2.95. The highest BCUT2D eigenvalue weighted by Gasteiger charge is 1.98. The average molecular weight is 254 g/mol. The van der Waals surface area contributed by atoms with E-state index in [4.69, 9.17) is 9.47 Å². The second-order valence-corrected chi connectivity index (χ2v) is 4.76. The van der Waals surface area contributed by atoms with Crippen molar-refractivity contribution in [2.45, 2.75) is 20.3 Å². The Balaban J connectivity index is 2.31. The van der Waals surface area contributed by atoms with Gasteiger partial charge in [-0.1, -0.05) is 23.9 Å². The quantitative estimate of drug-likeness (QED) is 0.553. The lowest BCUT2D eigenvalue weighted by atomic mass is 10.2. The summed E-state index contributed by atoms with van der Waals surface area (Å²) in [5.74, 6) is 1.63. The van der Waals surface area contributed by atoms with Gasteiger partial charge in [-0.25, -0.2) is 0 Å². The number of thioether (sulfide) groups is 1. The summed E-state index contributed by atoms with van der Waals surface area (Å²) in [5, 5.41) is 0.168. The molecular weight excluding hydrogens is 236 g/mol. The SMILES string of the molecule is CCOCOc1ccc(CCSC(C)=O)cc1. The molecule has 0 unspecified atom stereocenters. The van der Waals surface area contributed by atoms with Crippen molar-refractivity contribution in [2.75, 3.05) is 19.2 Å². The van der Waals surface area contributed by atoms with E-state index in [0.717, 1.165) is 17.9 Å². The van der Waals surface area contributed by atoms with Gasteiger partial charge in [-0.3, -0.25) is 4.79 Å². The fourth-order valence-corrected chi connectivity index (χ4v) is 1.88. The molecule has 0 heterocycles. The minimum atomic E-state index is 0.168. The molecule has 0 saturated carbocycles. The predicted molar refractivity (Wildman–Crippen MR) is 70.4 cm³/mol. The largest absolute Gasteiger partial charge is 0.468 e. The van der Waals surface area contributed by atoms with Gasteiger partial charge in [-0.05, 0) is 31.0 Å². The first-order valence-corrected chi connectivity index (χ1v) is 6.63. The van der Waals surface area contributed by atoms with E-state index in [0.29, 0.717) is 6.61 Å². The Hall–Kier alpha value is -1.00. The Morgan fingerprint density at radius 3 is 2.59 bits per heavy atom. The topological polar surface area (TPSA) is 35.5 Å². The van der Waals surface area contributed by atoms with Crippen molar-refractivity contribution in [3.63, 3.8) is 0 Å². The molecule has 1 rings (SSSR count). The molecule has 0 atom stereocenters. The lowest BCUT2D eigenvalue weighted by Crippen LogP contribution is -2.02. The molecule has 0 fully saturated rings. The maximum Gasteiger partial charge on any atom is 0.189 e. The second-order valence-electron chi connectivity index (χ2n) is 3.49. The van der Waals surface area contributed by atoms with Gasteiger partial charge in [0.05, 0.1) is 0 Å². The van der Waals surface area contributed by atoms with Crippen LogP contribution < -0.4 is 4.74 Å². The van der Waals surface area contributed by atoms with Crippen molar-refractivity contribution in [1.82, 2.24) is 0 Å². The van der Waals surface area contributed by atoms with E-state index in [-0.39, 0.29) is 11.9 Å². The van der Waals surface area contributed by atoms with Crippen LogP contribution in [0.1, 0.15) is 19.4 Å². The van der Waals surface area contributed by atoms with Crippen LogP contribution >= 0.6 is 11.8 Å². The molecule has 0 radical (unpaired) electrons. The summed E-state index contributed by atoms with van der Waals surface area (Å²) in [6.45, 7) is 4.46. The van der Waals surface area contributed by atoms with E-state index in [9.17, 15) is 4.79 Å². The number of carbonyl (C=O) groups excluding carboxylic acids is 1. The molecule has 1 aromatic carbocycles. The number of rotatable bonds is 7. The first kappa shape index (κ1) is 14.1. The summed E-state index contributed by atoms with van der Waals surface area (Å²) in [6, 6.07) is 7.88. The molecule has 17 heavy (non-hydrogen) atoms. The first-order valence-electron chi connectivity index (χ1n) is 5.65. The molecular formula is C13H18O3S. The maximum atomic E-state index is 10.8. The minimum Gasteiger partial charge on any atom is -0.468 e. The second kappa shape index (κ2) is 8.14. The van der Waals surface area contributed by atoms with Crippen molar-refractivity contribution in [3.05, 3.63) is 29.8 Å². The van der Waals surface area contributed by atoms with Gasteiger partial charge in [-0.15, -0.1) is 0 Å². The van der Waals surface area contributed by atoms with Crippen molar-refractivity contribution < 1.29 is 14.3 Å². The monoisotopic (exact) mass is 254 g/mol. The lowest BCUT2D eigenvalue weighted by molar-refractivity contribution is -0.109. The van der Waals surface area contributed by atoms with Crippen molar-refractivity contribution in [3.8, 4) is 5.75 Å². The normalized spacial score (nSPS) is 10.2. The van der Waals surface area contributed by atoms with Crippen LogP contribution in [-0.4, -0.2) is 24.3 Å². The number of benzene rings is 1. The highest BCUT2D eigenvalue weighted by molar-refractivity contribution is 8.13. The molecule has 0 aliphatic rings. The summed E-state index contributed by atoms with van der Waals surface area (Å²) in [7, 11) is 0. The number of hydrogen-bond acceptors (Lipinski definition) is 4. The standard InChI is InChI=1S/C13H18O3S/c1-3-15-10-16-13-6-4-12(5-7-13)8-9-17-11(2)14/h4-7H,3,8-10H2,1-2H3. The average Bonchev–Trinajstić information content (AvgIpc) is 2.31. The van der Waals surface area contributed by atoms with Crippen LogP contribution in [0.2, 0.25) is 0 Å². The van der Waals surface area contributed by atoms with Crippen molar-refractivity contribution >= 4 is 16.9 Å². The number of carbonyl (C=O) groups is 1. The van der Waals surface area contributed by atoms with E-state index in [1.165, 1.54) is 17.3 Å². The van der Waals surface area contributed by atoms with Crippen LogP contribution in [0.25, 0.3) is 0 Å². The third kappa shape index (κ3) is 6.34. The van der Waals surface area contributed by atoms with Gasteiger partial charge in [0, 0.05) is 19.3 Å². The highest BCUT2D eigenvalue weighted by atomic mass is 32.2. The molecule has 0 aliphatic heterocycles. The highest BCUT2D eigenvalue weighted by Crippen LogP contribution is 2.14. The van der Waals surface area contributed by atoms with Gasteiger partial charge >= 0.3 is 0 Å². The Morgan fingerprint density at radius 1 is 1.29 bits per heavy atom. The number of ether oxygens (including phenoxy) is 2. The van der Waals surface area contributed by atoms with Gasteiger partial charge in [0.15, 0.2) is 11.9 Å². The van der Waals surface area contributed by atoms with Crippen molar-refractivity contribution in [1.29, 1.82) is 0 Å². The Morgan fingerprint density at radius 2 is 2.00 bits per heavy atom. The molecule has 0 aliphatic carbocycles. The molecule has 0 saturated heterocycles. The summed E-state index contributed by atoms with van der Waals surface area (Å²) in [6.07, 6.45) is 0.899. The fraction of sp³-hybridized carbons (Fsp3) is 0.462. The van der Waals surface area contributed by atoms with Crippen LogP contribution in [0, 0.1) is 0 Å². The summed E-state index contributed by atoms with van der Waals surface area (Å²) >= 11 is 1.36. The van der Waals surface area contributed by atoms with Crippen LogP contribution in [-0.2, 0) is 16.0 Å². The molecule has 3 nitrogen and oxygen atoms in total. The molecule has 1 aromatic rings. The molecule has 0 aromatic heterocycles.